The highest BCUT2D eigenvalue weighted by atomic mass is 16.6. The van der Waals surface area contributed by atoms with Gasteiger partial charge in [-0.1, -0.05) is 53.9 Å². The largest absolute Gasteiger partial charge is 0.465 e. The van der Waals surface area contributed by atoms with E-state index in [1.54, 1.807) is 6.92 Å². The van der Waals surface area contributed by atoms with Crippen molar-refractivity contribution in [3.63, 3.8) is 0 Å². The molecule has 0 heterocycles. The smallest absolute Gasteiger partial charge is 0.319 e. The first-order chi connectivity index (χ1) is 19.7. The molecule has 0 amide bonds. The maximum Gasteiger partial charge on any atom is 0.319 e. The minimum Gasteiger partial charge on any atom is -0.465 e. The van der Waals surface area contributed by atoms with Crippen molar-refractivity contribution >= 4 is 17.9 Å². The van der Waals surface area contributed by atoms with Crippen LogP contribution in [0.5, 0.6) is 0 Å². The maximum atomic E-state index is 13.4. The third kappa shape index (κ3) is 6.88. The summed E-state index contributed by atoms with van der Waals surface area (Å²) in [6, 6.07) is 0. The van der Waals surface area contributed by atoms with Crippen LogP contribution in [0, 0.1) is 57.7 Å². The van der Waals surface area contributed by atoms with Gasteiger partial charge in [-0.25, -0.2) is 0 Å². The first-order valence-electron chi connectivity index (χ1n) is 17.2. The topological polar surface area (TPSA) is 78.9 Å². The molecule has 0 bridgehead atoms. The lowest BCUT2D eigenvalue weighted by molar-refractivity contribution is -0.181. The van der Waals surface area contributed by atoms with E-state index in [1.807, 2.05) is 0 Å². The predicted molar refractivity (Wildman–Crippen MR) is 164 cm³/mol. The summed E-state index contributed by atoms with van der Waals surface area (Å²) in [5, 5.41) is 0. The molecular formula is C36H60O6. The molecule has 6 heteroatoms. The van der Waals surface area contributed by atoms with E-state index in [-0.39, 0.29) is 19.3 Å². The molecule has 6 nitrogen and oxygen atoms in total. The van der Waals surface area contributed by atoms with Gasteiger partial charge in [0.25, 0.3) is 0 Å². The summed E-state index contributed by atoms with van der Waals surface area (Å²) >= 11 is 0. The van der Waals surface area contributed by atoms with Gasteiger partial charge in [-0.3, -0.25) is 14.4 Å². The molecule has 4 rings (SSSR count). The number of fused-ring (bicyclic) bond motifs is 5. The minimum atomic E-state index is -1.21. The van der Waals surface area contributed by atoms with Crippen molar-refractivity contribution in [2.24, 2.45) is 57.7 Å². The van der Waals surface area contributed by atoms with Crippen LogP contribution in [0.15, 0.2) is 0 Å². The van der Waals surface area contributed by atoms with E-state index in [2.05, 4.69) is 34.6 Å². The molecule has 9 atom stereocenters. The maximum absolute atomic E-state index is 13.4. The molecule has 0 radical (unpaired) electrons. The van der Waals surface area contributed by atoms with Gasteiger partial charge in [0.2, 0.25) is 0 Å². The lowest BCUT2D eigenvalue weighted by Crippen LogP contribution is -2.54. The molecule has 4 aliphatic rings. The van der Waals surface area contributed by atoms with Gasteiger partial charge < -0.3 is 14.2 Å². The molecule has 0 N–H and O–H groups in total. The van der Waals surface area contributed by atoms with Gasteiger partial charge in [-0.05, 0) is 117 Å². The van der Waals surface area contributed by atoms with Crippen LogP contribution in [0.2, 0.25) is 0 Å². The lowest BCUT2D eigenvalue weighted by Gasteiger charge is -2.61. The van der Waals surface area contributed by atoms with Crippen molar-refractivity contribution in [3.8, 4) is 0 Å². The Kier molecular flexibility index (Phi) is 10.5. The highest BCUT2D eigenvalue weighted by Gasteiger charge is 2.60. The summed E-state index contributed by atoms with van der Waals surface area (Å²) in [6.45, 7) is 16.4. The second-order valence-electron chi connectivity index (χ2n) is 16.1. The Hall–Kier alpha value is -1.59. The quantitative estimate of drug-likeness (QED) is 0.179. The predicted octanol–water partition coefficient (Wildman–Crippen LogP) is 8.15. The molecule has 0 aromatic heterocycles. The molecule has 240 valence electrons. The van der Waals surface area contributed by atoms with Gasteiger partial charge in [0.15, 0.2) is 0 Å². The third-order valence-corrected chi connectivity index (χ3v) is 12.8. The fourth-order valence-corrected chi connectivity index (χ4v) is 10.3. The molecule has 4 saturated carbocycles. The molecule has 0 spiro atoms. The molecule has 4 fully saturated rings. The van der Waals surface area contributed by atoms with Gasteiger partial charge in [-0.15, -0.1) is 0 Å². The van der Waals surface area contributed by atoms with Crippen molar-refractivity contribution in [2.75, 3.05) is 13.2 Å². The van der Waals surface area contributed by atoms with Crippen LogP contribution in [0.4, 0.5) is 0 Å². The fourth-order valence-electron chi connectivity index (χ4n) is 10.3. The zero-order valence-electron chi connectivity index (χ0n) is 28.0. The van der Waals surface area contributed by atoms with Crippen LogP contribution < -0.4 is 0 Å². The number of carbonyl (C=O) groups is 3. The number of ether oxygens (including phenoxy) is 3. The third-order valence-electron chi connectivity index (χ3n) is 12.8. The second-order valence-corrected chi connectivity index (χ2v) is 16.1. The highest BCUT2D eigenvalue weighted by Crippen LogP contribution is 2.68. The molecule has 4 aliphatic carbocycles. The summed E-state index contributed by atoms with van der Waals surface area (Å²) in [6.07, 6.45) is 15.0. The number of rotatable bonds is 11. The molecular weight excluding hydrogens is 528 g/mol. The number of hydrogen-bond acceptors (Lipinski definition) is 6. The van der Waals surface area contributed by atoms with Gasteiger partial charge in [0.1, 0.15) is 24.7 Å². The molecule has 0 aromatic rings. The van der Waals surface area contributed by atoms with Crippen molar-refractivity contribution in [1.29, 1.82) is 0 Å². The monoisotopic (exact) mass is 588 g/mol. The summed E-state index contributed by atoms with van der Waals surface area (Å²) in [7, 11) is 0. The summed E-state index contributed by atoms with van der Waals surface area (Å²) in [4.78, 5) is 36.3. The number of carbonyl (C=O) groups excluding carboxylic acids is 3. The second kappa shape index (κ2) is 13.2. The van der Waals surface area contributed by atoms with E-state index >= 15 is 0 Å². The molecule has 0 aromatic carbocycles. The average Bonchev–Trinajstić information content (AvgIpc) is 3.28. The molecule has 3 unspecified atom stereocenters. The van der Waals surface area contributed by atoms with E-state index in [9.17, 15) is 14.4 Å². The normalized spacial score (nSPS) is 36.8. The van der Waals surface area contributed by atoms with E-state index in [0.717, 1.165) is 54.8 Å². The first-order valence-corrected chi connectivity index (χ1v) is 17.2. The van der Waals surface area contributed by atoms with Crippen LogP contribution in [-0.2, 0) is 28.6 Å². The van der Waals surface area contributed by atoms with Gasteiger partial charge in [0, 0.05) is 13.8 Å². The van der Waals surface area contributed by atoms with Crippen LogP contribution in [0.3, 0.4) is 0 Å². The van der Waals surface area contributed by atoms with Crippen LogP contribution in [0.1, 0.15) is 132 Å². The SMILES string of the molecule is CC(=O)OCC(C)(COC(C)=O)C(=O)O[C@H]1CC[C@]2(C)C3CC[C@@]4(C)C(CC[C@@H]4[C@H](C)CCCC(C)C)C3CC[C@H]2C1. The summed E-state index contributed by atoms with van der Waals surface area (Å²) in [5.74, 6) is 4.18. The summed E-state index contributed by atoms with van der Waals surface area (Å²) in [5.41, 5.74) is -0.399. The van der Waals surface area contributed by atoms with E-state index < -0.39 is 23.3 Å². The Morgan fingerprint density at radius 3 is 2.05 bits per heavy atom. The molecule has 0 aliphatic heterocycles. The Labute approximate surface area is 255 Å². The van der Waals surface area contributed by atoms with E-state index in [0.29, 0.717) is 16.7 Å². The standard InChI is InChI=1S/C36H60O6/c1-23(2)10-9-11-24(3)30-14-15-31-29-13-12-27-20-28(16-18-35(27,7)32(29)17-19-36(30,31)8)42-33(39)34(6,21-40-25(4)37)22-41-26(5)38/h23-24,27-32H,9-22H2,1-8H3/t24-,27+,28+,29?,30-,31?,32?,35+,36-/m1/s1. The Bertz CT molecular complexity index is 956. The van der Waals surface area contributed by atoms with Crippen LogP contribution in [0.25, 0.3) is 0 Å². The molecule has 42 heavy (non-hydrogen) atoms. The Balaban J connectivity index is 1.38. The van der Waals surface area contributed by atoms with E-state index in [4.69, 9.17) is 14.2 Å². The number of esters is 3. The zero-order chi connectivity index (χ0) is 30.9. The van der Waals surface area contributed by atoms with Crippen molar-refractivity contribution in [3.05, 3.63) is 0 Å². The van der Waals surface area contributed by atoms with Crippen molar-refractivity contribution < 1.29 is 28.6 Å². The van der Waals surface area contributed by atoms with Gasteiger partial charge >= 0.3 is 17.9 Å². The Morgan fingerprint density at radius 1 is 0.810 bits per heavy atom. The van der Waals surface area contributed by atoms with Crippen molar-refractivity contribution in [2.45, 2.75) is 139 Å². The Morgan fingerprint density at radius 2 is 1.43 bits per heavy atom. The van der Waals surface area contributed by atoms with Crippen LogP contribution in [-0.4, -0.2) is 37.2 Å². The number of hydrogen-bond donors (Lipinski definition) is 0. The fraction of sp³-hybridized carbons (Fsp3) is 0.917. The average molecular weight is 589 g/mol. The van der Waals surface area contributed by atoms with Gasteiger partial charge in [-0.2, -0.15) is 0 Å². The van der Waals surface area contributed by atoms with Crippen LogP contribution >= 0.6 is 0 Å². The zero-order valence-corrected chi connectivity index (χ0v) is 28.0. The minimum absolute atomic E-state index is 0.141. The molecule has 0 saturated heterocycles. The first kappa shape index (κ1) is 33.3. The lowest BCUT2D eigenvalue weighted by atomic mass is 9.44. The van der Waals surface area contributed by atoms with Crippen molar-refractivity contribution in [1.82, 2.24) is 0 Å². The highest BCUT2D eigenvalue weighted by molar-refractivity contribution is 5.78. The van der Waals surface area contributed by atoms with E-state index in [1.165, 1.54) is 71.6 Å². The van der Waals surface area contributed by atoms with Gasteiger partial charge in [0.05, 0.1) is 0 Å². The summed E-state index contributed by atoms with van der Waals surface area (Å²) < 4.78 is 16.4.